The molecule has 3 heterocycles. The SMILES string of the molecule is Cl.NC[C@@H]1OB2OCC3=C2C(=C1Br)C=COC3. The van der Waals surface area contributed by atoms with E-state index >= 15 is 0 Å². The third-order valence-corrected chi connectivity index (χ3v) is 3.88. The summed E-state index contributed by atoms with van der Waals surface area (Å²) in [6.45, 7) is 1.58. The van der Waals surface area contributed by atoms with E-state index in [4.69, 9.17) is 19.8 Å². The monoisotopic (exact) mass is 319 g/mol. The van der Waals surface area contributed by atoms with Gasteiger partial charge in [-0.3, -0.25) is 0 Å². The van der Waals surface area contributed by atoms with Gasteiger partial charge in [-0.25, -0.2) is 0 Å². The van der Waals surface area contributed by atoms with Gasteiger partial charge < -0.3 is 19.8 Å². The van der Waals surface area contributed by atoms with E-state index in [0.717, 1.165) is 21.1 Å². The van der Waals surface area contributed by atoms with Gasteiger partial charge >= 0.3 is 7.12 Å². The average Bonchev–Trinajstić information content (AvgIpc) is 2.57. The fraction of sp³-hybridized carbons (Fsp3) is 0.400. The summed E-state index contributed by atoms with van der Waals surface area (Å²) in [6.07, 6.45) is 3.52. The van der Waals surface area contributed by atoms with E-state index in [1.165, 1.54) is 0 Å². The minimum Gasteiger partial charge on any atom is -0.497 e. The van der Waals surface area contributed by atoms with Crippen molar-refractivity contribution in [1.82, 2.24) is 0 Å². The maximum atomic E-state index is 5.76. The molecule has 7 heteroatoms. The molecule has 92 valence electrons. The second-order valence-corrected chi connectivity index (χ2v) is 4.75. The molecule has 17 heavy (non-hydrogen) atoms. The Labute approximate surface area is 115 Å². The van der Waals surface area contributed by atoms with Crippen molar-refractivity contribution >= 4 is 35.5 Å². The molecule has 0 fully saturated rings. The van der Waals surface area contributed by atoms with Gasteiger partial charge in [-0.2, -0.15) is 0 Å². The molecule has 3 rings (SSSR count). The highest BCUT2D eigenvalue weighted by Crippen LogP contribution is 2.38. The number of halogens is 2. The van der Waals surface area contributed by atoms with E-state index in [0.29, 0.717) is 19.8 Å². The number of allylic oxidation sites excluding steroid dienone is 3. The van der Waals surface area contributed by atoms with Crippen molar-refractivity contribution in [2.24, 2.45) is 5.73 Å². The molecule has 0 aromatic heterocycles. The van der Waals surface area contributed by atoms with Crippen molar-refractivity contribution in [2.45, 2.75) is 6.10 Å². The number of ether oxygens (including phenoxy) is 1. The van der Waals surface area contributed by atoms with E-state index < -0.39 is 0 Å². The standard InChI is InChI=1S/C10H11BBrNO3.ClH/c12-10-7-1-2-14-4-6-5-15-11(9(6)7)16-8(10)3-13;/h1-2,8H,3-5,13H2;1H/t8-;/m0./s1. The molecule has 3 aliphatic rings. The molecule has 0 radical (unpaired) electrons. The van der Waals surface area contributed by atoms with Crippen LogP contribution in [0.15, 0.2) is 33.4 Å². The Kier molecular flexibility index (Phi) is 4.00. The Morgan fingerprint density at radius 2 is 2.29 bits per heavy atom. The lowest BCUT2D eigenvalue weighted by molar-refractivity contribution is 0.181. The van der Waals surface area contributed by atoms with Crippen molar-refractivity contribution in [3.63, 3.8) is 0 Å². The van der Waals surface area contributed by atoms with Gasteiger partial charge in [0.15, 0.2) is 0 Å². The summed E-state index contributed by atoms with van der Waals surface area (Å²) in [5.74, 6) is 0. The summed E-state index contributed by atoms with van der Waals surface area (Å²) in [5.41, 5.74) is 9.02. The summed E-state index contributed by atoms with van der Waals surface area (Å²) in [4.78, 5) is 0. The Morgan fingerprint density at radius 3 is 3.06 bits per heavy atom. The zero-order valence-corrected chi connectivity index (χ0v) is 11.4. The molecule has 0 aromatic rings. The first-order valence-corrected chi connectivity index (χ1v) is 5.98. The zero-order chi connectivity index (χ0) is 11.1. The highest BCUT2D eigenvalue weighted by molar-refractivity contribution is 9.11. The molecule has 0 amide bonds. The van der Waals surface area contributed by atoms with Gasteiger partial charge in [0.05, 0.1) is 19.0 Å². The van der Waals surface area contributed by atoms with Crippen LogP contribution < -0.4 is 5.73 Å². The topological polar surface area (TPSA) is 53.7 Å². The van der Waals surface area contributed by atoms with Crippen LogP contribution in [0.2, 0.25) is 0 Å². The summed E-state index contributed by atoms with van der Waals surface area (Å²) in [6, 6.07) is 0. The number of hydrogen-bond acceptors (Lipinski definition) is 4. The second kappa shape index (κ2) is 5.16. The molecule has 0 saturated carbocycles. The van der Waals surface area contributed by atoms with Gasteiger partial charge in [-0.15, -0.1) is 12.4 Å². The lowest BCUT2D eigenvalue weighted by Gasteiger charge is -2.27. The van der Waals surface area contributed by atoms with Gasteiger partial charge in [0.1, 0.15) is 6.61 Å². The predicted octanol–water partition coefficient (Wildman–Crippen LogP) is 1.31. The van der Waals surface area contributed by atoms with Crippen molar-refractivity contribution in [3.8, 4) is 0 Å². The first-order valence-electron chi connectivity index (χ1n) is 5.18. The number of rotatable bonds is 1. The molecule has 4 nitrogen and oxygen atoms in total. The second-order valence-electron chi connectivity index (χ2n) is 3.90. The molecule has 0 bridgehead atoms. The smallest absolute Gasteiger partial charge is 0.495 e. The molecule has 0 spiro atoms. The minimum atomic E-state index is -0.286. The highest BCUT2D eigenvalue weighted by Gasteiger charge is 2.42. The Morgan fingerprint density at radius 1 is 1.47 bits per heavy atom. The van der Waals surface area contributed by atoms with E-state index in [1.54, 1.807) is 6.26 Å². The van der Waals surface area contributed by atoms with Crippen LogP contribution in [-0.4, -0.2) is 33.0 Å². The number of hydrogen-bond donors (Lipinski definition) is 1. The summed E-state index contributed by atoms with van der Waals surface area (Å²) < 4.78 is 17.7. The summed E-state index contributed by atoms with van der Waals surface area (Å²) >= 11 is 3.55. The van der Waals surface area contributed by atoms with E-state index in [-0.39, 0.29) is 25.6 Å². The summed E-state index contributed by atoms with van der Waals surface area (Å²) in [5, 5.41) is 0. The van der Waals surface area contributed by atoms with E-state index in [9.17, 15) is 0 Å². The third kappa shape index (κ3) is 2.08. The fourth-order valence-electron chi connectivity index (χ4n) is 2.15. The van der Waals surface area contributed by atoms with Crippen LogP contribution >= 0.6 is 28.3 Å². The third-order valence-electron chi connectivity index (χ3n) is 2.95. The molecular weight excluding hydrogens is 308 g/mol. The van der Waals surface area contributed by atoms with Crippen LogP contribution in [0.4, 0.5) is 0 Å². The quantitative estimate of drug-likeness (QED) is 0.740. The molecule has 0 aromatic carbocycles. The minimum absolute atomic E-state index is 0. The van der Waals surface area contributed by atoms with E-state index in [1.807, 2.05) is 6.08 Å². The van der Waals surface area contributed by atoms with Crippen LogP contribution in [0.5, 0.6) is 0 Å². The van der Waals surface area contributed by atoms with Gasteiger partial charge in [-0.1, -0.05) is 15.9 Å². The van der Waals surface area contributed by atoms with Crippen molar-refractivity contribution < 1.29 is 14.0 Å². The highest BCUT2D eigenvalue weighted by atomic mass is 79.9. The van der Waals surface area contributed by atoms with Crippen molar-refractivity contribution in [3.05, 3.63) is 33.4 Å². The lowest BCUT2D eigenvalue weighted by Crippen LogP contribution is -2.38. The first kappa shape index (κ1) is 13.2. The van der Waals surface area contributed by atoms with Crippen LogP contribution in [0.25, 0.3) is 0 Å². The first-order chi connectivity index (χ1) is 7.81. The van der Waals surface area contributed by atoms with Crippen LogP contribution in [0.3, 0.4) is 0 Å². The van der Waals surface area contributed by atoms with Gasteiger partial charge in [0.2, 0.25) is 0 Å². The molecule has 2 N–H and O–H groups in total. The van der Waals surface area contributed by atoms with Gasteiger partial charge in [-0.05, 0) is 22.7 Å². The van der Waals surface area contributed by atoms with Gasteiger partial charge in [0, 0.05) is 11.0 Å². The van der Waals surface area contributed by atoms with Crippen LogP contribution in [0.1, 0.15) is 0 Å². The van der Waals surface area contributed by atoms with Gasteiger partial charge in [0.25, 0.3) is 0 Å². The Hall–Kier alpha value is -0.265. The average molecular weight is 320 g/mol. The zero-order valence-electron chi connectivity index (χ0n) is 9.02. The van der Waals surface area contributed by atoms with Crippen molar-refractivity contribution in [1.29, 1.82) is 0 Å². The molecule has 1 atom stereocenters. The van der Waals surface area contributed by atoms with E-state index in [2.05, 4.69) is 15.9 Å². The van der Waals surface area contributed by atoms with Crippen LogP contribution in [0, 0.1) is 0 Å². The number of nitrogens with two attached hydrogens (primary N) is 1. The maximum Gasteiger partial charge on any atom is 0.495 e. The lowest BCUT2D eigenvalue weighted by atomic mass is 9.70. The predicted molar refractivity (Wildman–Crippen MR) is 71.0 cm³/mol. The normalized spacial score (nSPS) is 26.5. The van der Waals surface area contributed by atoms with Crippen molar-refractivity contribution in [2.75, 3.05) is 19.8 Å². The Balaban J connectivity index is 0.00000108. The molecule has 3 aliphatic heterocycles. The summed E-state index contributed by atoms with van der Waals surface area (Å²) in [7, 11) is -0.286. The molecular formula is C10H12BBrClNO3. The molecule has 0 saturated heterocycles. The molecule has 0 unspecified atom stereocenters. The van der Waals surface area contributed by atoms with Crippen LogP contribution in [-0.2, 0) is 14.0 Å². The fourth-order valence-corrected chi connectivity index (χ4v) is 2.79. The largest absolute Gasteiger partial charge is 0.497 e. The molecule has 0 aliphatic carbocycles. The maximum absolute atomic E-state index is 5.76. The Bertz CT molecular complexity index is 424.